The van der Waals surface area contributed by atoms with Gasteiger partial charge in [0.25, 0.3) is 0 Å². The molecule has 6 heteroatoms. The van der Waals surface area contributed by atoms with Gasteiger partial charge in [-0.3, -0.25) is 0 Å². The molecule has 0 saturated heterocycles. The molecule has 4 nitrogen and oxygen atoms in total. The van der Waals surface area contributed by atoms with Gasteiger partial charge in [0.2, 0.25) is 5.95 Å². The first-order valence-electron chi connectivity index (χ1n) is 6.40. The Morgan fingerprint density at radius 1 is 1.10 bits per heavy atom. The normalized spacial score (nSPS) is 10.8. The lowest BCUT2D eigenvalue weighted by atomic mass is 10.2. The second-order valence-corrected chi connectivity index (χ2v) is 4.62. The third kappa shape index (κ3) is 2.94. The first kappa shape index (κ1) is 13.4. The summed E-state index contributed by atoms with van der Waals surface area (Å²) >= 11 is 0. The summed E-state index contributed by atoms with van der Waals surface area (Å²) in [7, 11) is 0. The topological polar surface area (TPSA) is 50.7 Å². The third-order valence-electron chi connectivity index (χ3n) is 3.03. The van der Waals surface area contributed by atoms with Crippen LogP contribution in [0.3, 0.4) is 0 Å². The molecule has 0 aliphatic rings. The fourth-order valence-corrected chi connectivity index (χ4v) is 2.05. The van der Waals surface area contributed by atoms with E-state index in [0.717, 1.165) is 5.56 Å². The van der Waals surface area contributed by atoms with Crippen molar-refractivity contribution < 1.29 is 8.78 Å². The van der Waals surface area contributed by atoms with E-state index in [1.165, 1.54) is 24.4 Å². The van der Waals surface area contributed by atoms with E-state index in [2.05, 4.69) is 20.3 Å². The monoisotopic (exact) mass is 286 g/mol. The molecule has 0 spiro atoms. The molecule has 0 amide bonds. The van der Waals surface area contributed by atoms with Gasteiger partial charge < -0.3 is 5.32 Å². The quantitative estimate of drug-likeness (QED) is 0.751. The second-order valence-electron chi connectivity index (χ2n) is 4.62. The van der Waals surface area contributed by atoms with E-state index < -0.39 is 5.95 Å². The molecule has 0 fully saturated rings. The summed E-state index contributed by atoms with van der Waals surface area (Å²) in [5.74, 6) is 0.232. The molecule has 1 aromatic carbocycles. The maximum atomic E-state index is 13.3. The highest BCUT2D eigenvalue weighted by molar-refractivity contribution is 5.88. The van der Waals surface area contributed by atoms with Gasteiger partial charge in [0.05, 0.1) is 11.7 Å². The molecule has 2 aromatic heterocycles. The molecule has 0 atom stereocenters. The van der Waals surface area contributed by atoms with Crippen LogP contribution in [-0.4, -0.2) is 15.0 Å². The third-order valence-corrected chi connectivity index (χ3v) is 3.03. The number of benzene rings is 1. The molecule has 0 unspecified atom stereocenters. The minimum absolute atomic E-state index is 0.282. The lowest BCUT2D eigenvalue weighted by Crippen LogP contribution is -2.04. The van der Waals surface area contributed by atoms with Crippen molar-refractivity contribution in [3.63, 3.8) is 0 Å². The molecule has 2 heterocycles. The van der Waals surface area contributed by atoms with Crippen molar-refractivity contribution in [3.8, 4) is 0 Å². The standard InChI is InChI=1S/C15H12F2N4/c1-9-20-13-8-18-14(17)6-12(13)15(21-9)19-7-10-2-4-11(16)5-3-10/h2-6,8H,7H2,1H3,(H,19,20,21). The van der Waals surface area contributed by atoms with Gasteiger partial charge in [-0.2, -0.15) is 4.39 Å². The van der Waals surface area contributed by atoms with Crippen molar-refractivity contribution in [3.05, 3.63) is 59.7 Å². The zero-order valence-electron chi connectivity index (χ0n) is 11.3. The zero-order chi connectivity index (χ0) is 14.8. The number of halogens is 2. The summed E-state index contributed by atoms with van der Waals surface area (Å²) in [5.41, 5.74) is 1.47. The Labute approximate surface area is 119 Å². The van der Waals surface area contributed by atoms with Gasteiger partial charge in [0.1, 0.15) is 17.5 Å². The van der Waals surface area contributed by atoms with E-state index in [1.807, 2.05) is 0 Å². The zero-order valence-corrected chi connectivity index (χ0v) is 11.3. The molecule has 0 saturated carbocycles. The Balaban J connectivity index is 1.92. The highest BCUT2D eigenvalue weighted by Gasteiger charge is 2.07. The maximum Gasteiger partial charge on any atom is 0.213 e. The number of anilines is 1. The molecule has 0 aliphatic heterocycles. The Bertz CT molecular complexity index is 788. The van der Waals surface area contributed by atoms with Gasteiger partial charge >= 0.3 is 0 Å². The SMILES string of the molecule is Cc1nc(NCc2ccc(F)cc2)c2cc(F)ncc2n1. The highest BCUT2D eigenvalue weighted by atomic mass is 19.1. The van der Waals surface area contributed by atoms with Gasteiger partial charge in [-0.25, -0.2) is 19.3 Å². The number of pyridine rings is 1. The molecule has 106 valence electrons. The lowest BCUT2D eigenvalue weighted by Gasteiger charge is -2.09. The van der Waals surface area contributed by atoms with Crippen LogP contribution in [0.1, 0.15) is 11.4 Å². The van der Waals surface area contributed by atoms with Crippen molar-refractivity contribution >= 4 is 16.7 Å². The predicted molar refractivity (Wildman–Crippen MR) is 75.8 cm³/mol. The second kappa shape index (κ2) is 5.40. The molecular formula is C15H12F2N4. The molecular weight excluding hydrogens is 274 g/mol. The van der Waals surface area contributed by atoms with Crippen LogP contribution in [-0.2, 0) is 6.54 Å². The number of fused-ring (bicyclic) bond motifs is 1. The van der Waals surface area contributed by atoms with Crippen molar-refractivity contribution in [1.29, 1.82) is 0 Å². The summed E-state index contributed by atoms with van der Waals surface area (Å²) in [4.78, 5) is 12.1. The summed E-state index contributed by atoms with van der Waals surface area (Å²) in [6.45, 7) is 2.21. The van der Waals surface area contributed by atoms with Gasteiger partial charge in [-0.15, -0.1) is 0 Å². The first-order valence-corrected chi connectivity index (χ1v) is 6.40. The molecule has 3 rings (SSSR count). The van der Waals surface area contributed by atoms with Gasteiger partial charge in [-0.05, 0) is 24.6 Å². The summed E-state index contributed by atoms with van der Waals surface area (Å²) in [5, 5.41) is 3.69. The largest absolute Gasteiger partial charge is 0.365 e. The summed E-state index contributed by atoms with van der Waals surface area (Å²) in [6, 6.07) is 7.44. The average Bonchev–Trinajstić information content (AvgIpc) is 2.47. The Hall–Kier alpha value is -2.63. The van der Waals surface area contributed by atoms with Crippen LogP contribution < -0.4 is 5.32 Å². The lowest BCUT2D eigenvalue weighted by molar-refractivity contribution is 0.586. The predicted octanol–water partition coefficient (Wildman–Crippen LogP) is 3.22. The maximum absolute atomic E-state index is 13.3. The number of nitrogens with zero attached hydrogens (tertiary/aromatic N) is 3. The smallest absolute Gasteiger partial charge is 0.213 e. The molecule has 0 aliphatic carbocycles. The molecule has 3 aromatic rings. The van der Waals surface area contributed by atoms with E-state index in [4.69, 9.17) is 0 Å². The number of aromatic nitrogens is 3. The van der Waals surface area contributed by atoms with Crippen LogP contribution in [0, 0.1) is 18.7 Å². The van der Waals surface area contributed by atoms with Gasteiger partial charge in [-0.1, -0.05) is 12.1 Å². The Kier molecular flexibility index (Phi) is 3.43. The molecule has 21 heavy (non-hydrogen) atoms. The van der Waals surface area contributed by atoms with E-state index >= 15 is 0 Å². The fourth-order valence-electron chi connectivity index (χ4n) is 2.05. The van der Waals surface area contributed by atoms with E-state index in [-0.39, 0.29) is 5.82 Å². The average molecular weight is 286 g/mol. The van der Waals surface area contributed by atoms with Crippen LogP contribution >= 0.6 is 0 Å². The van der Waals surface area contributed by atoms with Gasteiger partial charge in [0, 0.05) is 18.0 Å². The number of nitrogens with one attached hydrogen (secondary N) is 1. The van der Waals surface area contributed by atoms with Crippen molar-refractivity contribution in [2.24, 2.45) is 0 Å². The van der Waals surface area contributed by atoms with E-state index in [1.54, 1.807) is 19.1 Å². The number of aryl methyl sites for hydroxylation is 1. The molecule has 1 N–H and O–H groups in total. The Morgan fingerprint density at radius 3 is 2.62 bits per heavy atom. The number of hydrogen-bond donors (Lipinski definition) is 1. The van der Waals surface area contributed by atoms with E-state index in [0.29, 0.717) is 29.1 Å². The van der Waals surface area contributed by atoms with Crippen molar-refractivity contribution in [1.82, 2.24) is 15.0 Å². The van der Waals surface area contributed by atoms with Crippen molar-refractivity contribution in [2.45, 2.75) is 13.5 Å². The minimum atomic E-state index is -0.584. The fraction of sp³-hybridized carbons (Fsp3) is 0.133. The van der Waals surface area contributed by atoms with Crippen LogP contribution in [0.25, 0.3) is 10.9 Å². The molecule has 0 radical (unpaired) electrons. The van der Waals surface area contributed by atoms with Gasteiger partial charge in [0.15, 0.2) is 0 Å². The highest BCUT2D eigenvalue weighted by Crippen LogP contribution is 2.20. The molecule has 0 bridgehead atoms. The summed E-state index contributed by atoms with van der Waals surface area (Å²) in [6.07, 6.45) is 1.38. The first-order chi connectivity index (χ1) is 10.1. The number of rotatable bonds is 3. The van der Waals surface area contributed by atoms with E-state index in [9.17, 15) is 8.78 Å². The van der Waals surface area contributed by atoms with Crippen LogP contribution in [0.2, 0.25) is 0 Å². The summed E-state index contributed by atoms with van der Waals surface area (Å²) < 4.78 is 26.2. The number of hydrogen-bond acceptors (Lipinski definition) is 4. The minimum Gasteiger partial charge on any atom is -0.365 e. The van der Waals surface area contributed by atoms with Crippen molar-refractivity contribution in [2.75, 3.05) is 5.32 Å². The van der Waals surface area contributed by atoms with Crippen LogP contribution in [0.15, 0.2) is 36.5 Å². The van der Waals surface area contributed by atoms with Crippen LogP contribution in [0.4, 0.5) is 14.6 Å². The van der Waals surface area contributed by atoms with Crippen LogP contribution in [0.5, 0.6) is 0 Å². The Morgan fingerprint density at radius 2 is 1.86 bits per heavy atom.